The van der Waals surface area contributed by atoms with Crippen LogP contribution in [0.15, 0.2) is 54.1 Å². The summed E-state index contributed by atoms with van der Waals surface area (Å²) >= 11 is 0. The second kappa shape index (κ2) is 8.80. The lowest BCUT2D eigenvalue weighted by molar-refractivity contribution is -0.137. The van der Waals surface area contributed by atoms with Crippen molar-refractivity contribution in [3.63, 3.8) is 0 Å². The topological polar surface area (TPSA) is 120 Å². The van der Waals surface area contributed by atoms with Crippen LogP contribution in [0, 0.1) is 0 Å². The normalized spacial score (nSPS) is 13.4. The Morgan fingerprint density at radius 1 is 1.08 bits per heavy atom. The molecule has 1 N–H and O–H groups in total. The van der Waals surface area contributed by atoms with Crippen molar-refractivity contribution in [3.05, 3.63) is 60.2 Å². The fraction of sp³-hybridized carbons (Fsp3) is 0.261. The molecule has 1 atom stereocenters. The number of pyridine rings is 2. The summed E-state index contributed by atoms with van der Waals surface area (Å²) in [5, 5.41) is 7.41. The summed E-state index contributed by atoms with van der Waals surface area (Å²) in [4.78, 5) is 16.7. The van der Waals surface area contributed by atoms with Crippen molar-refractivity contribution < 1.29 is 21.6 Å². The Morgan fingerprint density at radius 2 is 1.81 bits per heavy atom. The lowest BCUT2D eigenvalue weighted by Gasteiger charge is -2.16. The van der Waals surface area contributed by atoms with Gasteiger partial charge in [-0.15, -0.1) is 0 Å². The van der Waals surface area contributed by atoms with E-state index in [2.05, 4.69) is 30.4 Å². The van der Waals surface area contributed by atoms with Crippen molar-refractivity contribution in [1.82, 2.24) is 34.1 Å². The molecule has 0 saturated carbocycles. The number of alkyl halides is 3. The van der Waals surface area contributed by atoms with Crippen molar-refractivity contribution in [3.8, 4) is 11.4 Å². The number of halogens is 3. The predicted octanol–water partition coefficient (Wildman–Crippen LogP) is 4.06. The first kappa shape index (κ1) is 24.6. The van der Waals surface area contributed by atoms with E-state index in [1.54, 1.807) is 25.5 Å². The van der Waals surface area contributed by atoms with Gasteiger partial charge in [0.25, 0.3) is 0 Å². The van der Waals surface area contributed by atoms with E-state index in [0.717, 1.165) is 11.6 Å². The monoisotopic (exact) mass is 530 g/mol. The van der Waals surface area contributed by atoms with Crippen molar-refractivity contribution in [2.45, 2.75) is 31.1 Å². The Hall–Kier alpha value is -4.07. The molecule has 0 aliphatic rings. The Morgan fingerprint density at radius 3 is 2.49 bits per heavy atom. The Balaban J connectivity index is 1.73. The number of fused-ring (bicyclic) bond motifs is 2. The van der Waals surface area contributed by atoms with E-state index in [4.69, 9.17) is 0 Å². The number of nitrogens with one attached hydrogen (secondary N) is 1. The Labute approximate surface area is 209 Å². The summed E-state index contributed by atoms with van der Waals surface area (Å²) in [6, 6.07) is 6.03. The molecule has 5 aromatic heterocycles. The molecular formula is C23H21F3N8O2S. The lowest BCUT2D eigenvalue weighted by Crippen LogP contribution is -2.11. The van der Waals surface area contributed by atoms with Crippen LogP contribution in [0.25, 0.3) is 28.2 Å². The third kappa shape index (κ3) is 4.26. The molecule has 0 bridgehead atoms. The van der Waals surface area contributed by atoms with Gasteiger partial charge in [-0.25, -0.2) is 23.4 Å². The number of sulfone groups is 1. The van der Waals surface area contributed by atoms with Crippen LogP contribution in [0.2, 0.25) is 0 Å². The average Bonchev–Trinajstić information content (AvgIpc) is 3.42. The summed E-state index contributed by atoms with van der Waals surface area (Å²) in [6.07, 6.45) is 0.935. The highest BCUT2D eigenvalue weighted by Gasteiger charge is 2.33. The standard InChI is InChI=1S/C23H21F3N8O2S/c1-4-37(35,36)22-18(21-31-16-11-15(23(24,25)26)12-29-19(16)33(21)3)20-28-10-7-17(34(20)32-22)30-13(2)14-5-8-27-9-6-14/h5-13,30H,4H2,1-3H3. The molecule has 5 heterocycles. The van der Waals surface area contributed by atoms with Gasteiger partial charge in [0.2, 0.25) is 0 Å². The Bertz CT molecular complexity index is 1730. The van der Waals surface area contributed by atoms with E-state index in [0.29, 0.717) is 12.0 Å². The van der Waals surface area contributed by atoms with Crippen molar-refractivity contribution in [2.24, 2.45) is 7.05 Å². The van der Waals surface area contributed by atoms with Gasteiger partial charge in [-0.3, -0.25) is 4.98 Å². The maximum absolute atomic E-state index is 13.3. The molecule has 0 aromatic carbocycles. The maximum atomic E-state index is 13.3. The molecule has 0 aliphatic heterocycles. The van der Waals surface area contributed by atoms with Crippen LogP contribution in [0.5, 0.6) is 0 Å². The van der Waals surface area contributed by atoms with Gasteiger partial charge in [0, 0.05) is 31.8 Å². The van der Waals surface area contributed by atoms with Crippen LogP contribution >= 0.6 is 0 Å². The highest BCUT2D eigenvalue weighted by atomic mass is 32.2. The molecule has 14 heteroatoms. The number of hydrogen-bond donors (Lipinski definition) is 1. The van der Waals surface area contributed by atoms with Gasteiger partial charge in [-0.2, -0.15) is 22.8 Å². The van der Waals surface area contributed by atoms with E-state index >= 15 is 0 Å². The van der Waals surface area contributed by atoms with Gasteiger partial charge in [-0.05, 0) is 36.8 Å². The number of hydrogen-bond acceptors (Lipinski definition) is 8. The fourth-order valence-corrected chi connectivity index (χ4v) is 4.97. The number of anilines is 1. The van der Waals surface area contributed by atoms with E-state index in [-0.39, 0.29) is 45.0 Å². The fourth-order valence-electron chi connectivity index (χ4n) is 4.00. The van der Waals surface area contributed by atoms with Gasteiger partial charge in [0.1, 0.15) is 22.7 Å². The van der Waals surface area contributed by atoms with Crippen LogP contribution in [0.3, 0.4) is 0 Å². The third-order valence-electron chi connectivity index (χ3n) is 5.99. The number of aryl methyl sites for hydroxylation is 1. The zero-order valence-electron chi connectivity index (χ0n) is 19.9. The van der Waals surface area contributed by atoms with Gasteiger partial charge in [-0.1, -0.05) is 6.92 Å². The molecule has 0 saturated heterocycles. The molecular weight excluding hydrogens is 509 g/mol. The van der Waals surface area contributed by atoms with Gasteiger partial charge >= 0.3 is 6.18 Å². The molecule has 0 radical (unpaired) electrons. The first-order valence-electron chi connectivity index (χ1n) is 11.2. The van der Waals surface area contributed by atoms with Gasteiger partial charge in [0.05, 0.1) is 17.4 Å². The molecule has 37 heavy (non-hydrogen) atoms. The van der Waals surface area contributed by atoms with Crippen molar-refractivity contribution in [1.29, 1.82) is 0 Å². The van der Waals surface area contributed by atoms with E-state index in [1.807, 2.05) is 19.1 Å². The average molecular weight is 531 g/mol. The maximum Gasteiger partial charge on any atom is 0.417 e. The molecule has 0 amide bonds. The van der Waals surface area contributed by atoms with Gasteiger partial charge in [0.15, 0.2) is 26.2 Å². The summed E-state index contributed by atoms with van der Waals surface area (Å²) in [7, 11) is -2.34. The van der Waals surface area contributed by atoms with Crippen LogP contribution in [-0.4, -0.2) is 48.3 Å². The van der Waals surface area contributed by atoms with E-state index in [9.17, 15) is 21.6 Å². The number of rotatable bonds is 6. The van der Waals surface area contributed by atoms with Crippen molar-refractivity contribution >= 4 is 32.5 Å². The molecule has 5 aromatic rings. The van der Waals surface area contributed by atoms with Crippen LogP contribution in [-0.2, 0) is 23.1 Å². The molecule has 10 nitrogen and oxygen atoms in total. The molecule has 5 rings (SSSR count). The molecule has 1 unspecified atom stereocenters. The Kier molecular flexibility index (Phi) is 5.85. The van der Waals surface area contributed by atoms with E-state index < -0.39 is 21.6 Å². The second-order valence-electron chi connectivity index (χ2n) is 8.35. The predicted molar refractivity (Wildman–Crippen MR) is 129 cm³/mol. The van der Waals surface area contributed by atoms with Crippen molar-refractivity contribution in [2.75, 3.05) is 11.1 Å². The molecule has 192 valence electrons. The lowest BCUT2D eigenvalue weighted by atomic mass is 10.1. The minimum absolute atomic E-state index is 0.0351. The molecule has 0 aliphatic carbocycles. The largest absolute Gasteiger partial charge is 0.417 e. The minimum atomic E-state index is -4.60. The zero-order chi connectivity index (χ0) is 26.5. The zero-order valence-corrected chi connectivity index (χ0v) is 20.7. The first-order valence-corrected chi connectivity index (χ1v) is 12.8. The summed E-state index contributed by atoms with van der Waals surface area (Å²) < 4.78 is 68.8. The number of nitrogens with zero attached hydrogens (tertiary/aromatic N) is 7. The second-order valence-corrected chi connectivity index (χ2v) is 10.5. The van der Waals surface area contributed by atoms with Crippen LogP contribution in [0.4, 0.5) is 19.0 Å². The minimum Gasteiger partial charge on any atom is -0.363 e. The first-order chi connectivity index (χ1) is 17.5. The summed E-state index contributed by atoms with van der Waals surface area (Å²) in [5.74, 6) is 0.292. The summed E-state index contributed by atoms with van der Waals surface area (Å²) in [6.45, 7) is 3.40. The third-order valence-corrected chi connectivity index (χ3v) is 7.63. The number of imidazole rings is 1. The molecule has 0 spiro atoms. The molecule has 0 fully saturated rings. The SMILES string of the molecule is CCS(=O)(=O)c1nn2c(NC(C)c3ccncc3)ccnc2c1-c1nc2cc(C(F)(F)F)cnc2n1C. The van der Waals surface area contributed by atoms with Crippen LogP contribution < -0.4 is 5.32 Å². The van der Waals surface area contributed by atoms with E-state index in [1.165, 1.54) is 22.2 Å². The van der Waals surface area contributed by atoms with Crippen LogP contribution in [0.1, 0.15) is 31.0 Å². The smallest absolute Gasteiger partial charge is 0.363 e. The van der Waals surface area contributed by atoms with Gasteiger partial charge < -0.3 is 9.88 Å². The summed E-state index contributed by atoms with van der Waals surface area (Å²) in [5.41, 5.74) is 0.357. The highest BCUT2D eigenvalue weighted by Crippen LogP contribution is 2.35. The highest BCUT2D eigenvalue weighted by molar-refractivity contribution is 7.91. The number of aromatic nitrogens is 7. The quantitative estimate of drug-likeness (QED) is 0.349.